The summed E-state index contributed by atoms with van der Waals surface area (Å²) < 4.78 is 13.0. The largest absolute Gasteiger partial charge is 0.348 e. The molecule has 6 nitrogen and oxygen atoms in total. The molecule has 0 amide bonds. The molecule has 0 saturated carbocycles. The van der Waals surface area contributed by atoms with Gasteiger partial charge in [0, 0.05) is 11.1 Å². The zero-order chi connectivity index (χ0) is 18.9. The fourth-order valence-electron chi connectivity index (χ4n) is 2.57. The number of aromatic nitrogens is 4. The van der Waals surface area contributed by atoms with Gasteiger partial charge in [-0.05, 0) is 29.8 Å². The molecule has 1 aromatic carbocycles. The normalized spacial score (nSPS) is 13.4. The summed E-state index contributed by atoms with van der Waals surface area (Å²) in [7, 11) is 0. The quantitative estimate of drug-likeness (QED) is 0.638. The molecule has 0 radical (unpaired) electrons. The van der Waals surface area contributed by atoms with E-state index < -0.39 is 11.1 Å². The van der Waals surface area contributed by atoms with Crippen molar-refractivity contribution in [3.05, 3.63) is 84.8 Å². The minimum atomic E-state index is -0.451. The van der Waals surface area contributed by atoms with Crippen molar-refractivity contribution in [2.45, 2.75) is 26.2 Å². The fraction of sp³-hybridized carbons (Fsp3) is 0.211. The lowest BCUT2D eigenvalue weighted by Gasteiger charge is -2.16. The van der Waals surface area contributed by atoms with Gasteiger partial charge in [0.15, 0.2) is 0 Å². The fourth-order valence-corrected chi connectivity index (χ4v) is 2.57. The molecule has 0 aliphatic rings. The number of halogens is 1. The molecule has 3 aromatic rings. The van der Waals surface area contributed by atoms with E-state index in [1.165, 1.54) is 30.3 Å². The third-order valence-corrected chi connectivity index (χ3v) is 3.87. The van der Waals surface area contributed by atoms with Crippen LogP contribution in [0.15, 0.2) is 40.2 Å². The maximum Gasteiger partial charge on any atom is 0.272 e. The highest BCUT2D eigenvalue weighted by Gasteiger charge is 2.19. The van der Waals surface area contributed by atoms with Crippen LogP contribution >= 0.6 is 0 Å². The van der Waals surface area contributed by atoms with Crippen LogP contribution in [0.25, 0.3) is 12.2 Å². The Labute approximate surface area is 148 Å². The number of rotatable bonds is 2. The highest BCUT2D eigenvalue weighted by atomic mass is 19.1. The van der Waals surface area contributed by atoms with Gasteiger partial charge < -0.3 is 15.0 Å². The van der Waals surface area contributed by atoms with Gasteiger partial charge in [-0.1, -0.05) is 32.9 Å². The van der Waals surface area contributed by atoms with Crippen LogP contribution in [0.5, 0.6) is 0 Å². The van der Waals surface area contributed by atoms with E-state index in [0.717, 1.165) is 5.69 Å². The molecule has 0 bridgehead atoms. The van der Waals surface area contributed by atoms with Gasteiger partial charge in [0.25, 0.3) is 11.1 Å². The Morgan fingerprint density at radius 2 is 1.54 bits per heavy atom. The first-order valence-electron chi connectivity index (χ1n) is 8.09. The molecule has 7 heteroatoms. The first-order chi connectivity index (χ1) is 12.2. The number of nitrogens with zero attached hydrogens (tertiary/aromatic N) is 1. The lowest BCUT2D eigenvalue weighted by atomic mass is 9.90. The molecule has 2 heterocycles. The monoisotopic (exact) mass is 354 g/mol. The molecule has 0 aliphatic heterocycles. The number of imidazole rings is 1. The van der Waals surface area contributed by atoms with Gasteiger partial charge in [-0.2, -0.15) is 0 Å². The highest BCUT2D eigenvalue weighted by molar-refractivity contribution is 5.49. The van der Waals surface area contributed by atoms with E-state index in [1.807, 2.05) is 20.8 Å². The van der Waals surface area contributed by atoms with Gasteiger partial charge in [-0.3, -0.25) is 9.59 Å². The van der Waals surface area contributed by atoms with Crippen LogP contribution in [0, 0.1) is 5.82 Å². The highest BCUT2D eigenvalue weighted by Crippen LogP contribution is 2.22. The van der Waals surface area contributed by atoms with Gasteiger partial charge in [-0.25, -0.2) is 9.37 Å². The standard InChI is InChI=1S/C19H19FN4O2/c1-19(2,3)16-13(21-10-22-16)9-15-18(26)23-14(17(25)24-15)8-11-4-6-12(20)7-5-11/h4-10H,1-3H3,(H,21,22)(H,23,26)(H,24,25). The van der Waals surface area contributed by atoms with Gasteiger partial charge >= 0.3 is 0 Å². The lowest BCUT2D eigenvalue weighted by molar-refractivity contribution is 0.571. The molecule has 0 atom stereocenters. The van der Waals surface area contributed by atoms with Crippen LogP contribution in [0.1, 0.15) is 37.7 Å². The molecule has 134 valence electrons. The predicted molar refractivity (Wildman–Crippen MR) is 97.8 cm³/mol. The Kier molecular flexibility index (Phi) is 4.46. The summed E-state index contributed by atoms with van der Waals surface area (Å²) in [6.07, 6.45) is 4.58. The summed E-state index contributed by atoms with van der Waals surface area (Å²) in [5.41, 5.74) is 0.972. The van der Waals surface area contributed by atoms with Gasteiger partial charge in [0.1, 0.15) is 16.5 Å². The average Bonchev–Trinajstić information content (AvgIpc) is 3.03. The molecule has 26 heavy (non-hydrogen) atoms. The van der Waals surface area contributed by atoms with Crippen LogP contribution < -0.4 is 21.8 Å². The molecular weight excluding hydrogens is 335 g/mol. The summed E-state index contributed by atoms with van der Waals surface area (Å²) >= 11 is 0. The summed E-state index contributed by atoms with van der Waals surface area (Å²) in [4.78, 5) is 37.1. The molecule has 0 spiro atoms. The number of H-pyrrole nitrogens is 3. The van der Waals surface area contributed by atoms with E-state index in [-0.39, 0.29) is 21.9 Å². The number of aromatic amines is 3. The second kappa shape index (κ2) is 6.59. The summed E-state index contributed by atoms with van der Waals surface area (Å²) in [6.45, 7) is 6.06. The van der Waals surface area contributed by atoms with Crippen molar-refractivity contribution < 1.29 is 4.39 Å². The Balaban J connectivity index is 2.12. The van der Waals surface area contributed by atoms with Gasteiger partial charge in [-0.15, -0.1) is 0 Å². The molecule has 3 N–H and O–H groups in total. The Morgan fingerprint density at radius 3 is 2.12 bits per heavy atom. The molecule has 0 saturated heterocycles. The third kappa shape index (κ3) is 3.72. The van der Waals surface area contributed by atoms with E-state index in [2.05, 4.69) is 19.9 Å². The lowest BCUT2D eigenvalue weighted by Crippen LogP contribution is -2.46. The number of nitrogens with one attached hydrogen (secondary N) is 3. The van der Waals surface area contributed by atoms with Gasteiger partial charge in [0.05, 0.1) is 12.0 Å². The van der Waals surface area contributed by atoms with Crippen LogP contribution in [-0.2, 0) is 5.41 Å². The Bertz CT molecular complexity index is 1160. The van der Waals surface area contributed by atoms with E-state index in [1.54, 1.807) is 12.4 Å². The smallest absolute Gasteiger partial charge is 0.272 e. The van der Waals surface area contributed by atoms with Crippen LogP contribution in [0.4, 0.5) is 4.39 Å². The van der Waals surface area contributed by atoms with Crippen molar-refractivity contribution in [3.8, 4) is 0 Å². The zero-order valence-electron chi connectivity index (χ0n) is 14.7. The average molecular weight is 354 g/mol. The van der Waals surface area contributed by atoms with E-state index in [9.17, 15) is 14.0 Å². The van der Waals surface area contributed by atoms with Gasteiger partial charge in [0.2, 0.25) is 0 Å². The van der Waals surface area contributed by atoms with Crippen LogP contribution in [0.2, 0.25) is 0 Å². The van der Waals surface area contributed by atoms with Crippen LogP contribution in [-0.4, -0.2) is 19.9 Å². The first kappa shape index (κ1) is 17.6. The minimum Gasteiger partial charge on any atom is -0.348 e. The maximum absolute atomic E-state index is 13.0. The van der Waals surface area contributed by atoms with Crippen molar-refractivity contribution in [2.24, 2.45) is 0 Å². The molecular formula is C19H19FN4O2. The van der Waals surface area contributed by atoms with Crippen molar-refractivity contribution in [2.75, 3.05) is 0 Å². The molecule has 0 unspecified atom stereocenters. The maximum atomic E-state index is 13.0. The predicted octanol–water partition coefficient (Wildman–Crippen LogP) is 0.880. The van der Waals surface area contributed by atoms with E-state index >= 15 is 0 Å². The molecule has 0 fully saturated rings. The topological polar surface area (TPSA) is 94.4 Å². The molecule has 0 aliphatic carbocycles. The van der Waals surface area contributed by atoms with Crippen molar-refractivity contribution >= 4 is 12.2 Å². The molecule has 3 rings (SSSR count). The summed E-state index contributed by atoms with van der Waals surface area (Å²) in [5.74, 6) is -0.372. The Morgan fingerprint density at radius 1 is 0.962 bits per heavy atom. The van der Waals surface area contributed by atoms with Crippen LogP contribution in [0.3, 0.4) is 0 Å². The summed E-state index contributed by atoms with van der Waals surface area (Å²) in [6, 6.07) is 5.61. The second-order valence-electron chi connectivity index (χ2n) is 6.99. The summed E-state index contributed by atoms with van der Waals surface area (Å²) in [5, 5.41) is 0.209. The van der Waals surface area contributed by atoms with Crippen molar-refractivity contribution in [1.82, 2.24) is 19.9 Å². The van der Waals surface area contributed by atoms with Crippen molar-refractivity contribution in [1.29, 1.82) is 0 Å². The zero-order valence-corrected chi connectivity index (χ0v) is 14.7. The SMILES string of the molecule is CC(C)(C)c1[nH]cnc1C=c1[nH]c(=O)c(=Cc2ccc(F)cc2)[nH]c1=O. The van der Waals surface area contributed by atoms with E-state index in [0.29, 0.717) is 11.3 Å². The minimum absolute atomic E-state index is 0.0943. The number of hydrogen-bond donors (Lipinski definition) is 3. The van der Waals surface area contributed by atoms with Crippen molar-refractivity contribution in [3.63, 3.8) is 0 Å². The van der Waals surface area contributed by atoms with E-state index in [4.69, 9.17) is 0 Å². The second-order valence-corrected chi connectivity index (χ2v) is 6.99. The number of hydrogen-bond acceptors (Lipinski definition) is 3. The Hall–Kier alpha value is -3.22. The number of benzene rings is 1. The first-order valence-corrected chi connectivity index (χ1v) is 8.09. The molecule has 2 aromatic heterocycles. The third-order valence-electron chi connectivity index (χ3n) is 3.87.